The van der Waals surface area contributed by atoms with Gasteiger partial charge in [-0.15, -0.1) is 0 Å². The lowest BCUT2D eigenvalue weighted by atomic mass is 10.2. The number of carbonyl (C=O) groups excluding carboxylic acids is 1. The molecular formula is C13H17BrClNO2. The van der Waals surface area contributed by atoms with Crippen LogP contribution in [0.15, 0.2) is 22.7 Å². The number of benzene rings is 1. The third kappa shape index (κ3) is 4.59. The molecule has 0 heterocycles. The molecule has 0 aliphatic rings. The van der Waals surface area contributed by atoms with Crippen LogP contribution < -0.4 is 0 Å². The molecular weight excluding hydrogens is 318 g/mol. The van der Waals surface area contributed by atoms with E-state index in [0.29, 0.717) is 23.7 Å². The van der Waals surface area contributed by atoms with Gasteiger partial charge in [-0.1, -0.05) is 11.6 Å². The summed E-state index contributed by atoms with van der Waals surface area (Å²) in [6.07, 6.45) is 0.173. The highest BCUT2D eigenvalue weighted by atomic mass is 79.9. The molecule has 100 valence electrons. The number of likely N-dealkylation sites (N-methyl/N-ethyl adjacent to an activating group) is 1. The lowest BCUT2D eigenvalue weighted by molar-refractivity contribution is 0.0531. The first-order valence-corrected chi connectivity index (χ1v) is 6.91. The van der Waals surface area contributed by atoms with Gasteiger partial charge in [0.2, 0.25) is 0 Å². The summed E-state index contributed by atoms with van der Waals surface area (Å²) in [7, 11) is 1.75. The molecule has 0 N–H and O–H groups in total. The highest BCUT2D eigenvalue weighted by Gasteiger charge is 2.15. The lowest BCUT2D eigenvalue weighted by Crippen LogP contribution is -2.31. The van der Waals surface area contributed by atoms with Crippen LogP contribution in [0, 0.1) is 0 Å². The van der Waals surface area contributed by atoms with E-state index in [2.05, 4.69) is 15.9 Å². The largest absolute Gasteiger partial charge is 0.377 e. The molecule has 0 bridgehead atoms. The molecule has 3 nitrogen and oxygen atoms in total. The van der Waals surface area contributed by atoms with Crippen LogP contribution in [0.5, 0.6) is 0 Å². The second-order valence-electron chi connectivity index (χ2n) is 4.27. The maximum atomic E-state index is 12.2. The van der Waals surface area contributed by atoms with Gasteiger partial charge in [-0.05, 0) is 48.0 Å². The van der Waals surface area contributed by atoms with Crippen molar-refractivity contribution < 1.29 is 9.53 Å². The number of nitrogens with zero attached hydrogens (tertiary/aromatic N) is 1. The zero-order chi connectivity index (χ0) is 13.7. The van der Waals surface area contributed by atoms with E-state index in [1.807, 2.05) is 13.8 Å². The minimum absolute atomic E-state index is 0.0725. The van der Waals surface area contributed by atoms with Crippen molar-refractivity contribution in [3.05, 3.63) is 33.3 Å². The molecule has 0 unspecified atom stereocenters. The summed E-state index contributed by atoms with van der Waals surface area (Å²) in [6.45, 7) is 5.01. The Labute approximate surface area is 121 Å². The Balaban J connectivity index is 2.65. The summed E-state index contributed by atoms with van der Waals surface area (Å²) < 4.78 is 6.16. The summed E-state index contributed by atoms with van der Waals surface area (Å²) in [5, 5.41) is 0.549. The van der Waals surface area contributed by atoms with Crippen molar-refractivity contribution in [2.75, 3.05) is 20.2 Å². The summed E-state index contributed by atoms with van der Waals surface area (Å²) >= 11 is 9.25. The number of ether oxygens (including phenoxy) is 1. The summed E-state index contributed by atoms with van der Waals surface area (Å²) in [5.41, 5.74) is 0.564. The van der Waals surface area contributed by atoms with Gasteiger partial charge in [0.05, 0.1) is 18.3 Å². The smallest absolute Gasteiger partial charge is 0.254 e. The van der Waals surface area contributed by atoms with Gasteiger partial charge < -0.3 is 9.64 Å². The van der Waals surface area contributed by atoms with E-state index in [4.69, 9.17) is 16.3 Å². The Morgan fingerprint density at radius 3 is 2.78 bits per heavy atom. The third-order valence-corrected chi connectivity index (χ3v) is 3.31. The number of hydrogen-bond acceptors (Lipinski definition) is 2. The van der Waals surface area contributed by atoms with Gasteiger partial charge in [0.1, 0.15) is 0 Å². The molecule has 18 heavy (non-hydrogen) atoms. The maximum Gasteiger partial charge on any atom is 0.254 e. The topological polar surface area (TPSA) is 29.5 Å². The second-order valence-corrected chi connectivity index (χ2v) is 5.56. The van der Waals surface area contributed by atoms with Crippen LogP contribution in [0.4, 0.5) is 0 Å². The summed E-state index contributed by atoms with van der Waals surface area (Å²) in [5.74, 6) is -0.0725. The first kappa shape index (κ1) is 15.5. The molecule has 5 heteroatoms. The number of halogens is 2. The van der Waals surface area contributed by atoms with Crippen molar-refractivity contribution in [1.29, 1.82) is 0 Å². The predicted octanol–water partition coefficient (Wildman–Crippen LogP) is 3.60. The van der Waals surface area contributed by atoms with Crippen LogP contribution in [-0.4, -0.2) is 37.1 Å². The average molecular weight is 335 g/mol. The molecule has 0 aliphatic heterocycles. The summed E-state index contributed by atoms with van der Waals surface area (Å²) in [4.78, 5) is 13.8. The zero-order valence-corrected chi connectivity index (χ0v) is 13.1. The molecule has 0 fully saturated rings. The van der Waals surface area contributed by atoms with Gasteiger partial charge in [-0.2, -0.15) is 0 Å². The Morgan fingerprint density at radius 2 is 2.17 bits per heavy atom. The Kier molecular flexibility index (Phi) is 6.12. The minimum Gasteiger partial charge on any atom is -0.377 e. The molecule has 1 aromatic rings. The van der Waals surface area contributed by atoms with Crippen molar-refractivity contribution in [2.24, 2.45) is 0 Å². The van der Waals surface area contributed by atoms with Crippen molar-refractivity contribution in [2.45, 2.75) is 20.0 Å². The molecule has 0 radical (unpaired) electrons. The monoisotopic (exact) mass is 333 g/mol. The summed E-state index contributed by atoms with van der Waals surface area (Å²) in [6, 6.07) is 5.17. The highest BCUT2D eigenvalue weighted by Crippen LogP contribution is 2.22. The van der Waals surface area contributed by atoms with E-state index in [0.717, 1.165) is 4.47 Å². The van der Waals surface area contributed by atoms with Crippen LogP contribution in [-0.2, 0) is 4.74 Å². The van der Waals surface area contributed by atoms with Gasteiger partial charge in [-0.25, -0.2) is 0 Å². The van der Waals surface area contributed by atoms with Crippen molar-refractivity contribution in [3.63, 3.8) is 0 Å². The lowest BCUT2D eigenvalue weighted by Gasteiger charge is -2.19. The van der Waals surface area contributed by atoms with Crippen LogP contribution in [0.3, 0.4) is 0 Å². The fourth-order valence-electron chi connectivity index (χ4n) is 1.39. The molecule has 0 spiro atoms. The van der Waals surface area contributed by atoms with Crippen LogP contribution in [0.2, 0.25) is 5.02 Å². The Bertz CT molecular complexity index is 423. The number of rotatable bonds is 5. The van der Waals surface area contributed by atoms with Crippen molar-refractivity contribution in [1.82, 2.24) is 4.90 Å². The normalized spacial score (nSPS) is 10.8. The fourth-order valence-corrected chi connectivity index (χ4v) is 1.98. The molecule has 0 aromatic heterocycles. The van der Waals surface area contributed by atoms with Crippen LogP contribution in [0.25, 0.3) is 0 Å². The van der Waals surface area contributed by atoms with Crippen molar-refractivity contribution in [3.8, 4) is 0 Å². The molecule has 1 aromatic carbocycles. The second kappa shape index (κ2) is 7.12. The van der Waals surface area contributed by atoms with E-state index in [1.54, 1.807) is 30.1 Å². The van der Waals surface area contributed by atoms with Crippen LogP contribution >= 0.6 is 27.5 Å². The molecule has 0 saturated carbocycles. The Hall–Kier alpha value is -0.580. The highest BCUT2D eigenvalue weighted by molar-refractivity contribution is 9.10. The first-order valence-electron chi connectivity index (χ1n) is 5.74. The quantitative estimate of drug-likeness (QED) is 0.823. The van der Waals surface area contributed by atoms with Crippen molar-refractivity contribution >= 4 is 33.4 Å². The van der Waals surface area contributed by atoms with E-state index in [-0.39, 0.29) is 12.0 Å². The van der Waals surface area contributed by atoms with Gasteiger partial charge in [0.25, 0.3) is 5.91 Å². The first-order chi connectivity index (χ1) is 8.41. The van der Waals surface area contributed by atoms with Gasteiger partial charge in [-0.3, -0.25) is 4.79 Å². The number of carbonyl (C=O) groups is 1. The molecule has 0 saturated heterocycles. The Morgan fingerprint density at radius 1 is 1.50 bits per heavy atom. The molecule has 0 aliphatic carbocycles. The molecule has 1 amide bonds. The van der Waals surface area contributed by atoms with E-state index < -0.39 is 0 Å². The van der Waals surface area contributed by atoms with Gasteiger partial charge in [0, 0.05) is 23.1 Å². The molecule has 1 rings (SSSR count). The zero-order valence-electron chi connectivity index (χ0n) is 10.7. The standard InChI is InChI=1S/C13H17BrClNO2/c1-9(2)18-7-6-16(3)13(17)11-8-10(15)4-5-12(11)14/h4-5,8-9H,6-7H2,1-3H3. The number of amides is 1. The van der Waals surface area contributed by atoms with E-state index in [9.17, 15) is 4.79 Å². The van der Waals surface area contributed by atoms with E-state index >= 15 is 0 Å². The maximum absolute atomic E-state index is 12.2. The fraction of sp³-hybridized carbons (Fsp3) is 0.462. The predicted molar refractivity (Wildman–Crippen MR) is 77.2 cm³/mol. The van der Waals surface area contributed by atoms with Gasteiger partial charge >= 0.3 is 0 Å². The average Bonchev–Trinajstić information content (AvgIpc) is 2.30. The SMILES string of the molecule is CC(C)OCCN(C)C(=O)c1cc(Cl)ccc1Br. The third-order valence-electron chi connectivity index (χ3n) is 2.38. The van der Waals surface area contributed by atoms with Gasteiger partial charge in [0.15, 0.2) is 0 Å². The molecule has 0 atom stereocenters. The van der Waals surface area contributed by atoms with E-state index in [1.165, 1.54) is 0 Å². The minimum atomic E-state index is -0.0725. The van der Waals surface area contributed by atoms with Crippen LogP contribution in [0.1, 0.15) is 24.2 Å². The number of hydrogen-bond donors (Lipinski definition) is 0.